The molecule has 1 aliphatic carbocycles. The molecule has 0 unspecified atom stereocenters. The number of nitro benzene ring substituents is 1. The molecule has 1 aromatic carbocycles. The lowest BCUT2D eigenvalue weighted by Gasteiger charge is -2.04. The average Bonchev–Trinajstić information content (AvgIpc) is 3.18. The summed E-state index contributed by atoms with van der Waals surface area (Å²) >= 11 is 7.44. The lowest BCUT2D eigenvalue weighted by Crippen LogP contribution is -1.97. The quantitative estimate of drug-likeness (QED) is 0.639. The molecule has 20 heavy (non-hydrogen) atoms. The van der Waals surface area contributed by atoms with E-state index in [0.29, 0.717) is 10.9 Å². The van der Waals surface area contributed by atoms with E-state index in [0.717, 1.165) is 28.7 Å². The minimum Gasteiger partial charge on any atom is -0.309 e. The van der Waals surface area contributed by atoms with E-state index in [-0.39, 0.29) is 5.69 Å². The summed E-state index contributed by atoms with van der Waals surface area (Å²) in [6, 6.07) is 4.42. The van der Waals surface area contributed by atoms with E-state index in [4.69, 9.17) is 11.6 Å². The zero-order valence-corrected chi connectivity index (χ0v) is 12.2. The van der Waals surface area contributed by atoms with Gasteiger partial charge in [0.25, 0.3) is 5.69 Å². The van der Waals surface area contributed by atoms with Crippen LogP contribution in [-0.4, -0.2) is 19.7 Å². The molecule has 0 N–H and O–H groups in total. The Morgan fingerprint density at radius 3 is 2.80 bits per heavy atom. The van der Waals surface area contributed by atoms with Crippen LogP contribution < -0.4 is 0 Å². The molecule has 0 atom stereocenters. The van der Waals surface area contributed by atoms with Crippen molar-refractivity contribution in [2.24, 2.45) is 7.05 Å². The zero-order valence-electron chi connectivity index (χ0n) is 10.6. The summed E-state index contributed by atoms with van der Waals surface area (Å²) in [5, 5.41) is 20.1. The van der Waals surface area contributed by atoms with Crippen LogP contribution in [0.2, 0.25) is 5.02 Å². The van der Waals surface area contributed by atoms with Crippen molar-refractivity contribution in [2.45, 2.75) is 28.8 Å². The van der Waals surface area contributed by atoms with Gasteiger partial charge < -0.3 is 4.57 Å². The Hall–Kier alpha value is -1.60. The van der Waals surface area contributed by atoms with Gasteiger partial charge in [-0.3, -0.25) is 10.1 Å². The molecule has 2 aromatic rings. The van der Waals surface area contributed by atoms with Gasteiger partial charge in [-0.2, -0.15) is 0 Å². The number of hydrogen-bond acceptors (Lipinski definition) is 5. The topological polar surface area (TPSA) is 73.8 Å². The molecule has 0 radical (unpaired) electrons. The number of nitro groups is 1. The van der Waals surface area contributed by atoms with Gasteiger partial charge >= 0.3 is 0 Å². The number of rotatable bonds is 4. The lowest BCUT2D eigenvalue weighted by molar-refractivity contribution is -0.384. The predicted molar refractivity (Wildman–Crippen MR) is 75.2 cm³/mol. The van der Waals surface area contributed by atoms with Gasteiger partial charge in [-0.25, -0.2) is 0 Å². The largest absolute Gasteiger partial charge is 0.309 e. The van der Waals surface area contributed by atoms with Gasteiger partial charge in [0.15, 0.2) is 5.16 Å². The smallest absolute Gasteiger partial charge is 0.270 e. The van der Waals surface area contributed by atoms with E-state index in [2.05, 4.69) is 10.2 Å². The van der Waals surface area contributed by atoms with Crippen LogP contribution in [0.25, 0.3) is 0 Å². The number of hydrogen-bond donors (Lipinski definition) is 0. The number of non-ortho nitro benzene ring substituents is 1. The van der Waals surface area contributed by atoms with Gasteiger partial charge in [-0.05, 0) is 30.7 Å². The summed E-state index contributed by atoms with van der Waals surface area (Å²) in [6.45, 7) is 0. The average molecular weight is 311 g/mol. The van der Waals surface area contributed by atoms with Crippen LogP contribution in [0.5, 0.6) is 0 Å². The van der Waals surface area contributed by atoms with Crippen molar-refractivity contribution < 1.29 is 4.92 Å². The van der Waals surface area contributed by atoms with E-state index in [1.807, 2.05) is 11.6 Å². The number of nitrogens with zero attached hydrogens (tertiary/aromatic N) is 4. The first-order valence-corrected chi connectivity index (χ1v) is 7.27. The number of halogens is 1. The summed E-state index contributed by atoms with van der Waals surface area (Å²) in [4.78, 5) is 10.9. The van der Waals surface area contributed by atoms with Crippen LogP contribution in [0.4, 0.5) is 5.69 Å². The summed E-state index contributed by atoms with van der Waals surface area (Å²) in [7, 11) is 1.93. The predicted octanol–water partition coefficient (Wildman–Crippen LogP) is 3.41. The maximum Gasteiger partial charge on any atom is 0.270 e. The molecule has 1 aliphatic rings. The Morgan fingerprint density at radius 1 is 1.45 bits per heavy atom. The monoisotopic (exact) mass is 310 g/mol. The number of benzene rings is 1. The Morgan fingerprint density at radius 2 is 2.20 bits per heavy atom. The molecule has 0 spiro atoms. The lowest BCUT2D eigenvalue weighted by atomic mass is 10.3. The standard InChI is InChI=1S/C12H11ClN4O2S/c1-16-11(7-2-3-7)14-15-12(16)20-10-5-4-8(17(18)19)6-9(10)13/h4-7H,2-3H2,1H3. The Balaban J connectivity index is 1.85. The molecule has 104 valence electrons. The first kappa shape index (κ1) is 13.4. The number of aromatic nitrogens is 3. The Bertz CT molecular complexity index is 684. The molecular formula is C12H11ClN4O2S. The highest BCUT2D eigenvalue weighted by Gasteiger charge is 2.29. The fourth-order valence-electron chi connectivity index (χ4n) is 1.90. The van der Waals surface area contributed by atoms with Crippen LogP contribution >= 0.6 is 23.4 Å². The van der Waals surface area contributed by atoms with Crippen LogP contribution in [0.3, 0.4) is 0 Å². The fourth-order valence-corrected chi connectivity index (χ4v) is 2.99. The first-order chi connectivity index (χ1) is 9.56. The molecule has 1 heterocycles. The van der Waals surface area contributed by atoms with Crippen LogP contribution in [0, 0.1) is 10.1 Å². The van der Waals surface area contributed by atoms with Gasteiger partial charge in [0.05, 0.1) is 9.95 Å². The van der Waals surface area contributed by atoms with Gasteiger partial charge in [-0.1, -0.05) is 11.6 Å². The second kappa shape index (κ2) is 5.06. The van der Waals surface area contributed by atoms with Crippen LogP contribution in [0.1, 0.15) is 24.6 Å². The van der Waals surface area contributed by atoms with Crippen molar-refractivity contribution in [1.29, 1.82) is 0 Å². The first-order valence-electron chi connectivity index (χ1n) is 6.07. The van der Waals surface area contributed by atoms with Crippen molar-refractivity contribution in [2.75, 3.05) is 0 Å². The van der Waals surface area contributed by atoms with Crippen molar-refractivity contribution in [3.8, 4) is 0 Å². The van der Waals surface area contributed by atoms with Crippen molar-refractivity contribution >= 4 is 29.1 Å². The maximum absolute atomic E-state index is 10.7. The van der Waals surface area contributed by atoms with Crippen LogP contribution in [-0.2, 0) is 7.05 Å². The maximum atomic E-state index is 10.7. The third-order valence-corrected chi connectivity index (χ3v) is 4.68. The summed E-state index contributed by atoms with van der Waals surface area (Å²) in [5.41, 5.74) is -0.0176. The SMILES string of the molecule is Cn1c(Sc2ccc([N+](=O)[O-])cc2Cl)nnc1C1CC1. The van der Waals surface area contributed by atoms with E-state index >= 15 is 0 Å². The molecular weight excluding hydrogens is 300 g/mol. The molecule has 1 aromatic heterocycles. The van der Waals surface area contributed by atoms with Gasteiger partial charge in [0, 0.05) is 30.0 Å². The highest BCUT2D eigenvalue weighted by molar-refractivity contribution is 7.99. The molecule has 0 aliphatic heterocycles. The molecule has 1 fully saturated rings. The molecule has 6 nitrogen and oxygen atoms in total. The van der Waals surface area contributed by atoms with Crippen LogP contribution in [0.15, 0.2) is 28.3 Å². The molecule has 0 saturated heterocycles. The molecule has 8 heteroatoms. The van der Waals surface area contributed by atoms with Gasteiger partial charge in [0.2, 0.25) is 0 Å². The second-order valence-electron chi connectivity index (χ2n) is 4.65. The summed E-state index contributed by atoms with van der Waals surface area (Å²) < 4.78 is 1.96. The van der Waals surface area contributed by atoms with Crippen molar-refractivity contribution in [3.05, 3.63) is 39.2 Å². The third kappa shape index (κ3) is 2.51. The third-order valence-electron chi connectivity index (χ3n) is 3.14. The summed E-state index contributed by atoms with van der Waals surface area (Å²) in [5.74, 6) is 1.51. The zero-order chi connectivity index (χ0) is 14.3. The Labute approximate surface area is 124 Å². The molecule has 3 rings (SSSR count). The highest BCUT2D eigenvalue weighted by atomic mass is 35.5. The molecule has 0 amide bonds. The fraction of sp³-hybridized carbons (Fsp3) is 0.333. The minimum absolute atomic E-state index is 0.0176. The second-order valence-corrected chi connectivity index (χ2v) is 6.06. The van der Waals surface area contributed by atoms with E-state index in [9.17, 15) is 10.1 Å². The highest BCUT2D eigenvalue weighted by Crippen LogP contribution is 2.41. The van der Waals surface area contributed by atoms with E-state index in [1.54, 1.807) is 6.07 Å². The summed E-state index contributed by atoms with van der Waals surface area (Å²) in [6.07, 6.45) is 2.32. The van der Waals surface area contributed by atoms with E-state index in [1.165, 1.54) is 23.9 Å². The Kier molecular flexibility index (Phi) is 3.39. The van der Waals surface area contributed by atoms with E-state index < -0.39 is 4.92 Å². The van der Waals surface area contributed by atoms with Gasteiger partial charge in [-0.15, -0.1) is 10.2 Å². The van der Waals surface area contributed by atoms with Gasteiger partial charge in [0.1, 0.15) is 5.82 Å². The molecule has 1 saturated carbocycles. The van der Waals surface area contributed by atoms with Crippen molar-refractivity contribution in [1.82, 2.24) is 14.8 Å². The van der Waals surface area contributed by atoms with Crippen molar-refractivity contribution in [3.63, 3.8) is 0 Å². The molecule has 0 bridgehead atoms. The normalized spacial score (nSPS) is 14.5. The minimum atomic E-state index is -0.464.